The van der Waals surface area contributed by atoms with Crippen molar-refractivity contribution in [1.82, 2.24) is 19.4 Å². The molecule has 1 N–H and O–H groups in total. The Kier molecular flexibility index (Phi) is 9.81. The van der Waals surface area contributed by atoms with Crippen LogP contribution in [-0.4, -0.2) is 67.0 Å². The molecule has 0 aliphatic carbocycles. The summed E-state index contributed by atoms with van der Waals surface area (Å²) in [7, 11) is -3.15. The fourth-order valence-corrected chi connectivity index (χ4v) is 4.98. The van der Waals surface area contributed by atoms with Gasteiger partial charge in [0, 0.05) is 51.5 Å². The van der Waals surface area contributed by atoms with Crippen molar-refractivity contribution in [3.63, 3.8) is 0 Å². The first-order valence-corrected chi connectivity index (χ1v) is 12.6. The van der Waals surface area contributed by atoms with E-state index in [1.54, 1.807) is 4.31 Å². The molecule has 8 heteroatoms. The van der Waals surface area contributed by atoms with E-state index in [9.17, 15) is 8.42 Å². The third-order valence-electron chi connectivity index (χ3n) is 4.90. The van der Waals surface area contributed by atoms with Crippen LogP contribution in [0.15, 0.2) is 42.6 Å². The monoisotopic (exact) mass is 435 g/mol. The third-order valence-corrected chi connectivity index (χ3v) is 7.16. The van der Waals surface area contributed by atoms with E-state index in [0.29, 0.717) is 39.3 Å². The lowest BCUT2D eigenvalue weighted by molar-refractivity contribution is 0.365. The van der Waals surface area contributed by atoms with Crippen molar-refractivity contribution in [2.45, 2.75) is 45.9 Å². The van der Waals surface area contributed by atoms with Crippen LogP contribution in [0, 0.1) is 0 Å². The molecule has 2 aliphatic rings. The van der Waals surface area contributed by atoms with E-state index < -0.39 is 10.0 Å². The molecule has 3 heterocycles. The van der Waals surface area contributed by atoms with Crippen LogP contribution < -0.4 is 10.2 Å². The molecule has 30 heavy (non-hydrogen) atoms. The number of hydrogen-bond donors (Lipinski definition) is 1. The first-order valence-electron chi connectivity index (χ1n) is 11.1. The zero-order valence-electron chi connectivity index (χ0n) is 18.8. The van der Waals surface area contributed by atoms with Crippen molar-refractivity contribution in [3.05, 3.63) is 48.2 Å². The summed E-state index contributed by atoms with van der Waals surface area (Å²) in [5.41, 5.74) is 1.21. The second-order valence-corrected chi connectivity index (χ2v) is 9.49. The van der Waals surface area contributed by atoms with Gasteiger partial charge >= 0.3 is 0 Å². The second kappa shape index (κ2) is 12.1. The van der Waals surface area contributed by atoms with Crippen LogP contribution in [0.5, 0.6) is 0 Å². The molecule has 0 spiro atoms. The fourth-order valence-electron chi connectivity index (χ4n) is 3.23. The third kappa shape index (κ3) is 6.30. The van der Waals surface area contributed by atoms with E-state index in [1.807, 2.05) is 49.0 Å². The van der Waals surface area contributed by atoms with Gasteiger partial charge in [0.25, 0.3) is 0 Å². The summed E-state index contributed by atoms with van der Waals surface area (Å²) in [6.07, 6.45) is 3.23. The first kappa shape index (κ1) is 24.4. The van der Waals surface area contributed by atoms with Crippen molar-refractivity contribution in [1.29, 1.82) is 0 Å². The van der Waals surface area contributed by atoms with Crippen molar-refractivity contribution < 1.29 is 8.42 Å². The molecule has 7 nitrogen and oxygen atoms in total. The Bertz CT molecular complexity index is 826. The Hall–Kier alpha value is -1.90. The van der Waals surface area contributed by atoms with Crippen LogP contribution in [-0.2, 0) is 16.6 Å². The number of aromatic nitrogens is 2. The maximum absolute atomic E-state index is 12.5. The van der Waals surface area contributed by atoms with Gasteiger partial charge in [-0.05, 0) is 5.56 Å². The normalized spacial score (nSPS) is 17.3. The van der Waals surface area contributed by atoms with E-state index >= 15 is 0 Å². The summed E-state index contributed by atoms with van der Waals surface area (Å²) in [5.74, 6) is 0.915. The zero-order chi connectivity index (χ0) is 22.0. The Labute approximate surface area is 182 Å². The van der Waals surface area contributed by atoms with Gasteiger partial charge < -0.3 is 10.2 Å². The average Bonchev–Trinajstić information content (AvgIpc) is 3.18. The van der Waals surface area contributed by atoms with Crippen molar-refractivity contribution in [3.8, 4) is 0 Å². The van der Waals surface area contributed by atoms with Crippen LogP contribution in [0.25, 0.3) is 0 Å². The Morgan fingerprint density at radius 3 is 2.13 bits per heavy atom. The quantitative estimate of drug-likeness (QED) is 0.782. The number of nitrogens with zero attached hydrogens (tertiary/aromatic N) is 4. The molecule has 2 aromatic rings. The van der Waals surface area contributed by atoms with Crippen LogP contribution >= 0.6 is 0 Å². The summed E-state index contributed by atoms with van der Waals surface area (Å²) >= 11 is 0. The SMILES string of the molecule is CC.CCC.O=S(=O)(C1CNC1)N1CCN(c2ccn(Cc3ccccc3)n2)CC1. The lowest BCUT2D eigenvalue weighted by Gasteiger charge is -2.38. The molecule has 168 valence electrons. The number of rotatable bonds is 5. The molecule has 0 radical (unpaired) electrons. The van der Waals surface area contributed by atoms with Gasteiger partial charge in [0.05, 0.1) is 6.54 Å². The molecule has 2 aliphatic heterocycles. The highest BCUT2D eigenvalue weighted by Gasteiger charge is 2.37. The van der Waals surface area contributed by atoms with E-state index in [4.69, 9.17) is 0 Å². The molecule has 2 fully saturated rings. The predicted molar refractivity (Wildman–Crippen MR) is 124 cm³/mol. The summed E-state index contributed by atoms with van der Waals surface area (Å²) in [5, 5.41) is 7.43. The second-order valence-electron chi connectivity index (χ2n) is 7.28. The number of sulfonamides is 1. The van der Waals surface area contributed by atoms with Gasteiger partial charge in [-0.3, -0.25) is 4.68 Å². The maximum atomic E-state index is 12.5. The first-order chi connectivity index (χ1) is 14.5. The number of anilines is 1. The molecule has 4 rings (SSSR count). The summed E-state index contributed by atoms with van der Waals surface area (Å²) in [4.78, 5) is 2.16. The molecule has 0 unspecified atom stereocenters. The van der Waals surface area contributed by atoms with Gasteiger partial charge in [-0.2, -0.15) is 9.40 Å². The minimum Gasteiger partial charge on any atom is -0.353 e. The largest absolute Gasteiger partial charge is 0.353 e. The summed E-state index contributed by atoms with van der Waals surface area (Å²) < 4.78 is 28.5. The number of nitrogens with one attached hydrogen (secondary N) is 1. The van der Waals surface area contributed by atoms with Crippen molar-refractivity contribution >= 4 is 15.8 Å². The number of benzene rings is 1. The van der Waals surface area contributed by atoms with Gasteiger partial charge in [0.2, 0.25) is 10.0 Å². The minimum atomic E-state index is -3.15. The predicted octanol–water partition coefficient (Wildman–Crippen LogP) is 2.80. The molecule has 1 aromatic heterocycles. The van der Waals surface area contributed by atoms with Crippen LogP contribution in [0.2, 0.25) is 0 Å². The molecular weight excluding hydrogens is 398 g/mol. The molecule has 1 aromatic carbocycles. The van der Waals surface area contributed by atoms with Gasteiger partial charge in [-0.25, -0.2) is 8.42 Å². The highest BCUT2D eigenvalue weighted by atomic mass is 32.2. The maximum Gasteiger partial charge on any atom is 0.219 e. The Morgan fingerprint density at radius 1 is 1.00 bits per heavy atom. The van der Waals surface area contributed by atoms with E-state index in [2.05, 4.69) is 41.3 Å². The molecule has 0 atom stereocenters. The van der Waals surface area contributed by atoms with Crippen LogP contribution in [0.3, 0.4) is 0 Å². The summed E-state index contributed by atoms with van der Waals surface area (Å²) in [6.45, 7) is 12.6. The number of piperazine rings is 1. The highest BCUT2D eigenvalue weighted by molar-refractivity contribution is 7.89. The number of hydrogen-bond acceptors (Lipinski definition) is 5. The van der Waals surface area contributed by atoms with Crippen LogP contribution in [0.1, 0.15) is 39.7 Å². The van der Waals surface area contributed by atoms with E-state index in [0.717, 1.165) is 12.4 Å². The van der Waals surface area contributed by atoms with Gasteiger partial charge in [-0.15, -0.1) is 0 Å². The van der Waals surface area contributed by atoms with Crippen LogP contribution in [0.4, 0.5) is 5.82 Å². The van der Waals surface area contributed by atoms with Crippen molar-refractivity contribution in [2.24, 2.45) is 0 Å². The van der Waals surface area contributed by atoms with Gasteiger partial charge in [0.1, 0.15) is 5.25 Å². The lowest BCUT2D eigenvalue weighted by Crippen LogP contribution is -2.59. The van der Waals surface area contributed by atoms with Gasteiger partial charge in [0.15, 0.2) is 5.82 Å². The Morgan fingerprint density at radius 2 is 1.60 bits per heavy atom. The van der Waals surface area contributed by atoms with E-state index in [1.165, 1.54) is 12.0 Å². The minimum absolute atomic E-state index is 0.246. The molecular formula is C22H37N5O2S. The fraction of sp³-hybridized carbons (Fsp3) is 0.591. The van der Waals surface area contributed by atoms with Gasteiger partial charge in [-0.1, -0.05) is 64.4 Å². The molecule has 0 saturated carbocycles. The van der Waals surface area contributed by atoms with Crippen molar-refractivity contribution in [2.75, 3.05) is 44.2 Å². The highest BCUT2D eigenvalue weighted by Crippen LogP contribution is 2.19. The Balaban J connectivity index is 0.000000590. The zero-order valence-corrected chi connectivity index (χ0v) is 19.6. The average molecular weight is 436 g/mol. The molecule has 0 bridgehead atoms. The smallest absolute Gasteiger partial charge is 0.219 e. The van der Waals surface area contributed by atoms with E-state index in [-0.39, 0.29) is 5.25 Å². The molecule has 0 amide bonds. The lowest BCUT2D eigenvalue weighted by atomic mass is 10.2. The topological polar surface area (TPSA) is 70.5 Å². The standard InChI is InChI=1S/C17H23N5O2S.C3H8.C2H6/c23-25(24,16-12-18-13-16)22-10-8-20(9-11-22)17-6-7-21(19-17)14-15-4-2-1-3-5-15;1-3-2;1-2/h1-7,16,18H,8-14H2;3H2,1-2H3;1-2H3. The summed E-state index contributed by atoms with van der Waals surface area (Å²) in [6, 6.07) is 12.2. The molecule has 2 saturated heterocycles.